The number of nitrogens with zero attached hydrogens (tertiary/aromatic N) is 2. The van der Waals surface area contributed by atoms with E-state index in [0.29, 0.717) is 42.1 Å². The molecule has 1 saturated heterocycles. The molecular weight excluding hydrogens is 460 g/mol. The molecule has 0 bridgehead atoms. The first-order chi connectivity index (χ1) is 17.4. The highest BCUT2D eigenvalue weighted by Crippen LogP contribution is 2.39. The normalized spacial score (nSPS) is 16.9. The van der Waals surface area contributed by atoms with Crippen LogP contribution in [0, 0.1) is 0 Å². The van der Waals surface area contributed by atoms with Gasteiger partial charge in [0.15, 0.2) is 0 Å². The Labute approximate surface area is 211 Å². The van der Waals surface area contributed by atoms with Crippen LogP contribution in [-0.2, 0) is 14.3 Å². The first kappa shape index (κ1) is 26.7. The fourth-order valence-electron chi connectivity index (χ4n) is 4.19. The number of aliphatic hydroxyl groups is 1. The zero-order valence-corrected chi connectivity index (χ0v) is 20.9. The number of likely N-dealkylation sites (N-methyl/N-ethyl adjacent to an activating group) is 1. The molecule has 36 heavy (non-hydrogen) atoms. The number of ketones is 1. The van der Waals surface area contributed by atoms with Crippen molar-refractivity contribution in [3.05, 3.63) is 83.4 Å². The van der Waals surface area contributed by atoms with Crippen molar-refractivity contribution in [2.75, 3.05) is 39.9 Å². The number of methoxy groups -OCH3 is 1. The number of hydrogen-bond acceptors (Lipinski definition) is 7. The molecule has 1 amide bonds. The summed E-state index contributed by atoms with van der Waals surface area (Å²) >= 11 is 0. The maximum atomic E-state index is 13.2. The van der Waals surface area contributed by atoms with Gasteiger partial charge in [-0.05, 0) is 55.1 Å². The summed E-state index contributed by atoms with van der Waals surface area (Å²) in [5.41, 5.74) is 1.34. The molecule has 0 aliphatic carbocycles. The van der Waals surface area contributed by atoms with Crippen molar-refractivity contribution in [3.63, 3.8) is 0 Å². The lowest BCUT2D eigenvalue weighted by molar-refractivity contribution is -0.140. The number of aliphatic hydroxyl groups excluding tert-OH is 1. The highest BCUT2D eigenvalue weighted by atomic mass is 16.5. The molecule has 1 unspecified atom stereocenters. The van der Waals surface area contributed by atoms with Gasteiger partial charge in [-0.25, -0.2) is 4.79 Å². The number of carbonyl (C=O) groups excluding carboxylic acids is 3. The predicted molar refractivity (Wildman–Crippen MR) is 137 cm³/mol. The Morgan fingerprint density at radius 3 is 2.22 bits per heavy atom. The standard InChI is InChI=1S/C28H32N2O6/c1-5-18-36-22-14-12-20(13-15-22)25(31)23-24(19-8-10-21(11-9-19)28(34)35-4)30(27(33)26(23)32)17-16-29(6-2)7-3/h5,8-15,24,31H,1,6-7,16-18H2,2-4H3/b25-23-. The fraction of sp³-hybridized carbons (Fsp3) is 0.321. The van der Waals surface area contributed by atoms with Crippen molar-refractivity contribution >= 4 is 23.4 Å². The van der Waals surface area contributed by atoms with Crippen LogP contribution >= 0.6 is 0 Å². The van der Waals surface area contributed by atoms with E-state index in [9.17, 15) is 19.5 Å². The van der Waals surface area contributed by atoms with Gasteiger partial charge in [-0.3, -0.25) is 9.59 Å². The lowest BCUT2D eigenvalue weighted by atomic mass is 9.94. The topological polar surface area (TPSA) is 96.4 Å². The predicted octanol–water partition coefficient (Wildman–Crippen LogP) is 3.80. The molecule has 8 heteroatoms. The van der Waals surface area contributed by atoms with Crippen LogP contribution in [0.15, 0.2) is 66.8 Å². The SMILES string of the molecule is C=CCOc1ccc(/C(O)=C2/C(=O)C(=O)N(CCN(CC)CC)C2c2ccc(C(=O)OC)cc2)cc1. The summed E-state index contributed by atoms with van der Waals surface area (Å²) in [6.45, 7) is 10.5. The molecule has 0 radical (unpaired) electrons. The van der Waals surface area contributed by atoms with Crippen molar-refractivity contribution < 1.29 is 29.0 Å². The van der Waals surface area contributed by atoms with Crippen molar-refractivity contribution in [3.8, 4) is 5.75 Å². The molecule has 1 aliphatic rings. The molecule has 0 spiro atoms. The van der Waals surface area contributed by atoms with Crippen molar-refractivity contribution in [1.29, 1.82) is 0 Å². The molecule has 0 aromatic heterocycles. The minimum absolute atomic E-state index is 0.00475. The zero-order chi connectivity index (χ0) is 26.2. The monoisotopic (exact) mass is 492 g/mol. The van der Waals surface area contributed by atoms with Crippen LogP contribution in [0.3, 0.4) is 0 Å². The van der Waals surface area contributed by atoms with Crippen LogP contribution in [0.2, 0.25) is 0 Å². The molecule has 190 valence electrons. The lowest BCUT2D eigenvalue weighted by Gasteiger charge is -2.28. The number of hydrogen-bond donors (Lipinski definition) is 1. The minimum Gasteiger partial charge on any atom is -0.507 e. The zero-order valence-electron chi connectivity index (χ0n) is 20.9. The van der Waals surface area contributed by atoms with E-state index in [4.69, 9.17) is 9.47 Å². The second-order valence-corrected chi connectivity index (χ2v) is 8.26. The first-order valence-corrected chi connectivity index (χ1v) is 11.9. The summed E-state index contributed by atoms with van der Waals surface area (Å²) in [5.74, 6) is -1.59. The third-order valence-electron chi connectivity index (χ3n) is 6.23. The number of carbonyl (C=O) groups is 3. The molecule has 1 heterocycles. The van der Waals surface area contributed by atoms with E-state index in [1.165, 1.54) is 12.0 Å². The van der Waals surface area contributed by atoms with E-state index in [0.717, 1.165) is 13.1 Å². The number of amides is 1. The average molecular weight is 493 g/mol. The Morgan fingerprint density at radius 2 is 1.67 bits per heavy atom. The van der Waals surface area contributed by atoms with Crippen LogP contribution < -0.4 is 4.74 Å². The molecule has 2 aromatic rings. The maximum absolute atomic E-state index is 13.2. The lowest BCUT2D eigenvalue weighted by Crippen LogP contribution is -2.38. The highest BCUT2D eigenvalue weighted by molar-refractivity contribution is 6.46. The number of rotatable bonds is 11. The maximum Gasteiger partial charge on any atom is 0.337 e. The number of likely N-dealkylation sites (tertiary alicyclic amines) is 1. The highest BCUT2D eigenvalue weighted by Gasteiger charge is 2.46. The molecule has 1 aliphatic heterocycles. The number of benzene rings is 2. The Hall–Kier alpha value is -3.91. The second kappa shape index (κ2) is 12.2. The smallest absolute Gasteiger partial charge is 0.337 e. The third kappa shape index (κ3) is 5.66. The van der Waals surface area contributed by atoms with E-state index in [1.54, 1.807) is 54.6 Å². The van der Waals surface area contributed by atoms with Crippen molar-refractivity contribution in [2.45, 2.75) is 19.9 Å². The van der Waals surface area contributed by atoms with Gasteiger partial charge in [0.25, 0.3) is 11.7 Å². The average Bonchev–Trinajstić information content (AvgIpc) is 3.17. The van der Waals surface area contributed by atoms with Crippen molar-refractivity contribution in [2.24, 2.45) is 0 Å². The van der Waals surface area contributed by atoms with Gasteiger partial charge in [0.2, 0.25) is 0 Å². The summed E-state index contributed by atoms with van der Waals surface area (Å²) in [6, 6.07) is 12.3. The molecule has 8 nitrogen and oxygen atoms in total. The van der Waals surface area contributed by atoms with Gasteiger partial charge in [-0.2, -0.15) is 0 Å². The van der Waals surface area contributed by atoms with Crippen molar-refractivity contribution in [1.82, 2.24) is 9.80 Å². The number of esters is 1. The third-order valence-corrected chi connectivity index (χ3v) is 6.23. The van der Waals surface area contributed by atoms with Crippen LogP contribution in [0.4, 0.5) is 0 Å². The van der Waals surface area contributed by atoms with Gasteiger partial charge in [0.05, 0.1) is 24.3 Å². The van der Waals surface area contributed by atoms with Gasteiger partial charge in [0, 0.05) is 18.7 Å². The van der Waals surface area contributed by atoms with Crippen LogP contribution in [0.5, 0.6) is 5.75 Å². The van der Waals surface area contributed by atoms with Crippen LogP contribution in [0.25, 0.3) is 5.76 Å². The summed E-state index contributed by atoms with van der Waals surface area (Å²) in [6.07, 6.45) is 1.62. The minimum atomic E-state index is -0.802. The first-order valence-electron chi connectivity index (χ1n) is 11.9. The van der Waals surface area contributed by atoms with Gasteiger partial charge in [-0.15, -0.1) is 0 Å². The molecular formula is C28H32N2O6. The van der Waals surface area contributed by atoms with Gasteiger partial charge in [0.1, 0.15) is 18.1 Å². The summed E-state index contributed by atoms with van der Waals surface area (Å²) < 4.78 is 10.3. The summed E-state index contributed by atoms with van der Waals surface area (Å²) in [4.78, 5) is 41.9. The molecule has 2 aromatic carbocycles. The van der Waals surface area contributed by atoms with Gasteiger partial charge in [-0.1, -0.05) is 38.6 Å². The Kier molecular flexibility index (Phi) is 9.02. The van der Waals surface area contributed by atoms with E-state index < -0.39 is 23.7 Å². The van der Waals surface area contributed by atoms with E-state index in [-0.39, 0.29) is 11.3 Å². The molecule has 1 fully saturated rings. The Balaban J connectivity index is 2.05. The summed E-state index contributed by atoms with van der Waals surface area (Å²) in [5, 5.41) is 11.2. The largest absolute Gasteiger partial charge is 0.507 e. The number of ether oxygens (including phenoxy) is 2. The fourth-order valence-corrected chi connectivity index (χ4v) is 4.19. The summed E-state index contributed by atoms with van der Waals surface area (Å²) in [7, 11) is 1.30. The quantitative estimate of drug-likeness (QED) is 0.168. The molecule has 0 saturated carbocycles. The number of Topliss-reactive ketones (excluding diaryl/α,β-unsaturated/α-hetero) is 1. The van der Waals surface area contributed by atoms with Gasteiger partial charge >= 0.3 is 5.97 Å². The molecule has 1 atom stereocenters. The second-order valence-electron chi connectivity index (χ2n) is 8.26. The van der Waals surface area contributed by atoms with Crippen LogP contribution in [0.1, 0.15) is 41.4 Å². The van der Waals surface area contributed by atoms with E-state index in [2.05, 4.69) is 11.5 Å². The van der Waals surface area contributed by atoms with E-state index in [1.807, 2.05) is 13.8 Å². The Bertz CT molecular complexity index is 1130. The molecule has 1 N–H and O–H groups in total. The Morgan fingerprint density at radius 1 is 1.06 bits per heavy atom. The van der Waals surface area contributed by atoms with E-state index >= 15 is 0 Å². The van der Waals surface area contributed by atoms with Gasteiger partial charge < -0.3 is 24.4 Å². The molecule has 3 rings (SSSR count). The van der Waals surface area contributed by atoms with Crippen LogP contribution in [-0.4, -0.2) is 72.5 Å².